The molecular formula is C20H13ClN2O4. The lowest BCUT2D eigenvalue weighted by Gasteiger charge is -2.11. The number of benzene rings is 2. The van der Waals surface area contributed by atoms with Gasteiger partial charge in [0.05, 0.1) is 23.9 Å². The first kappa shape index (κ1) is 17.1. The molecule has 7 heteroatoms. The Morgan fingerprint density at radius 3 is 2.56 bits per heavy atom. The van der Waals surface area contributed by atoms with Gasteiger partial charge in [-0.3, -0.25) is 19.3 Å². The lowest BCUT2D eigenvalue weighted by Crippen LogP contribution is -2.28. The van der Waals surface area contributed by atoms with Crippen LogP contribution in [-0.4, -0.2) is 22.6 Å². The number of amides is 3. The predicted octanol–water partition coefficient (Wildman–Crippen LogP) is 3.98. The topological polar surface area (TPSA) is 79.6 Å². The summed E-state index contributed by atoms with van der Waals surface area (Å²) in [6, 6.07) is 14.5. The van der Waals surface area contributed by atoms with Crippen molar-refractivity contribution < 1.29 is 18.8 Å². The minimum atomic E-state index is -0.455. The number of furan rings is 1. The number of hydrogen-bond donors (Lipinski definition) is 1. The second kappa shape index (κ2) is 6.74. The first-order chi connectivity index (χ1) is 13.0. The highest BCUT2D eigenvalue weighted by Crippen LogP contribution is 2.26. The molecule has 134 valence electrons. The Bertz CT molecular complexity index is 1060. The van der Waals surface area contributed by atoms with E-state index in [2.05, 4.69) is 5.32 Å². The highest BCUT2D eigenvalue weighted by atomic mass is 35.5. The van der Waals surface area contributed by atoms with Crippen LogP contribution in [0.3, 0.4) is 0 Å². The summed E-state index contributed by atoms with van der Waals surface area (Å²) in [5.74, 6) is -0.759. The average molecular weight is 381 g/mol. The third-order valence-electron chi connectivity index (χ3n) is 4.21. The first-order valence-corrected chi connectivity index (χ1v) is 8.50. The van der Waals surface area contributed by atoms with E-state index in [1.54, 1.807) is 36.4 Å². The minimum absolute atomic E-state index is 0.0450. The van der Waals surface area contributed by atoms with Gasteiger partial charge in [-0.05, 0) is 48.5 Å². The monoisotopic (exact) mass is 380 g/mol. The van der Waals surface area contributed by atoms with Gasteiger partial charge in [0.1, 0.15) is 5.76 Å². The van der Waals surface area contributed by atoms with Gasteiger partial charge in [-0.15, -0.1) is 0 Å². The molecule has 0 unspecified atom stereocenters. The zero-order chi connectivity index (χ0) is 19.0. The van der Waals surface area contributed by atoms with E-state index in [0.717, 1.165) is 4.90 Å². The molecule has 0 aliphatic carbocycles. The maximum Gasteiger partial charge on any atom is 0.261 e. The van der Waals surface area contributed by atoms with Crippen molar-refractivity contribution in [2.24, 2.45) is 0 Å². The summed E-state index contributed by atoms with van der Waals surface area (Å²) in [5.41, 5.74) is 1.28. The highest BCUT2D eigenvalue weighted by Gasteiger charge is 2.36. The van der Waals surface area contributed by atoms with Crippen LogP contribution >= 0.6 is 11.6 Å². The van der Waals surface area contributed by atoms with Crippen molar-refractivity contribution in [2.45, 2.75) is 6.54 Å². The van der Waals surface area contributed by atoms with Gasteiger partial charge in [-0.1, -0.05) is 17.7 Å². The molecule has 3 aromatic rings. The molecule has 6 nitrogen and oxygen atoms in total. The fourth-order valence-electron chi connectivity index (χ4n) is 2.90. The Morgan fingerprint density at radius 2 is 1.81 bits per heavy atom. The third kappa shape index (κ3) is 3.22. The van der Waals surface area contributed by atoms with Gasteiger partial charge in [0, 0.05) is 16.3 Å². The summed E-state index contributed by atoms with van der Waals surface area (Å²) in [5, 5.41) is 3.21. The van der Waals surface area contributed by atoms with Crippen LogP contribution in [-0.2, 0) is 6.54 Å². The first-order valence-electron chi connectivity index (χ1n) is 8.12. The third-order valence-corrected chi connectivity index (χ3v) is 4.44. The maximum atomic E-state index is 12.6. The Kier molecular flexibility index (Phi) is 4.25. The molecular weight excluding hydrogens is 368 g/mol. The molecule has 0 saturated carbocycles. The van der Waals surface area contributed by atoms with Crippen LogP contribution in [0.1, 0.15) is 36.8 Å². The summed E-state index contributed by atoms with van der Waals surface area (Å²) in [7, 11) is 0. The minimum Gasteiger partial charge on any atom is -0.467 e. The molecule has 4 rings (SSSR count). The summed E-state index contributed by atoms with van der Waals surface area (Å²) in [6.45, 7) is 0.0450. The normalized spacial score (nSPS) is 13.0. The van der Waals surface area contributed by atoms with E-state index in [-0.39, 0.29) is 23.2 Å². The molecule has 2 heterocycles. The maximum absolute atomic E-state index is 12.6. The Labute approximate surface area is 159 Å². The molecule has 0 radical (unpaired) electrons. The van der Waals surface area contributed by atoms with Crippen molar-refractivity contribution in [3.8, 4) is 0 Å². The van der Waals surface area contributed by atoms with Crippen molar-refractivity contribution >= 4 is 35.0 Å². The molecule has 1 aromatic heterocycles. The molecule has 0 fully saturated rings. The van der Waals surface area contributed by atoms with Crippen molar-refractivity contribution in [2.75, 3.05) is 5.32 Å². The number of carbonyl (C=O) groups is 3. The number of imide groups is 1. The lowest BCUT2D eigenvalue weighted by molar-refractivity contribution is 0.0631. The van der Waals surface area contributed by atoms with E-state index in [0.29, 0.717) is 16.5 Å². The van der Waals surface area contributed by atoms with Gasteiger partial charge in [-0.2, -0.15) is 0 Å². The Hall–Kier alpha value is -3.38. The van der Waals surface area contributed by atoms with E-state index in [1.165, 1.54) is 24.5 Å². The molecule has 1 aliphatic heterocycles. The lowest BCUT2D eigenvalue weighted by atomic mass is 10.1. The molecule has 2 aromatic carbocycles. The number of hydrogen-bond acceptors (Lipinski definition) is 4. The molecule has 0 bridgehead atoms. The van der Waals surface area contributed by atoms with Crippen LogP contribution in [0.25, 0.3) is 0 Å². The molecule has 3 amide bonds. The van der Waals surface area contributed by atoms with Crippen molar-refractivity contribution in [1.29, 1.82) is 0 Å². The number of rotatable bonds is 4. The van der Waals surface area contributed by atoms with Crippen LogP contribution in [0.15, 0.2) is 65.3 Å². The van der Waals surface area contributed by atoms with E-state index in [1.807, 2.05) is 0 Å². The van der Waals surface area contributed by atoms with Crippen LogP contribution < -0.4 is 5.32 Å². The van der Waals surface area contributed by atoms with Gasteiger partial charge in [-0.25, -0.2) is 0 Å². The molecule has 0 atom stereocenters. The van der Waals surface area contributed by atoms with Gasteiger partial charge < -0.3 is 9.73 Å². The van der Waals surface area contributed by atoms with Gasteiger partial charge in [0.25, 0.3) is 17.7 Å². The fraction of sp³-hybridized carbons (Fsp3) is 0.0500. The smallest absolute Gasteiger partial charge is 0.261 e. The number of fused-ring (bicyclic) bond motifs is 1. The number of carbonyl (C=O) groups excluding carboxylic acids is 3. The van der Waals surface area contributed by atoms with E-state index >= 15 is 0 Å². The van der Waals surface area contributed by atoms with Crippen molar-refractivity contribution in [3.63, 3.8) is 0 Å². The summed E-state index contributed by atoms with van der Waals surface area (Å²) in [4.78, 5) is 38.7. The zero-order valence-electron chi connectivity index (χ0n) is 13.9. The molecule has 27 heavy (non-hydrogen) atoms. The number of nitrogens with zero attached hydrogens (tertiary/aromatic N) is 1. The SMILES string of the molecule is O=C(Nc1cccc(Cl)c1)c1ccc2c(c1)C(=O)N(Cc1ccco1)C2=O. The van der Waals surface area contributed by atoms with E-state index < -0.39 is 17.7 Å². The van der Waals surface area contributed by atoms with E-state index in [4.69, 9.17) is 16.0 Å². The van der Waals surface area contributed by atoms with Crippen LogP contribution in [0.5, 0.6) is 0 Å². The van der Waals surface area contributed by atoms with Crippen LogP contribution in [0, 0.1) is 0 Å². The van der Waals surface area contributed by atoms with Gasteiger partial charge >= 0.3 is 0 Å². The molecule has 1 aliphatic rings. The van der Waals surface area contributed by atoms with Gasteiger partial charge in [0.2, 0.25) is 0 Å². The Balaban J connectivity index is 1.58. The molecule has 0 saturated heterocycles. The van der Waals surface area contributed by atoms with E-state index in [9.17, 15) is 14.4 Å². The second-order valence-corrected chi connectivity index (χ2v) is 6.44. The number of anilines is 1. The van der Waals surface area contributed by atoms with Crippen LogP contribution in [0.4, 0.5) is 5.69 Å². The number of nitrogens with one attached hydrogen (secondary N) is 1. The second-order valence-electron chi connectivity index (χ2n) is 6.00. The molecule has 0 spiro atoms. The van der Waals surface area contributed by atoms with Gasteiger partial charge in [0.15, 0.2) is 0 Å². The van der Waals surface area contributed by atoms with Crippen LogP contribution in [0.2, 0.25) is 5.02 Å². The van der Waals surface area contributed by atoms with Crippen molar-refractivity contribution in [1.82, 2.24) is 4.90 Å². The standard InChI is InChI=1S/C20H13ClN2O4/c21-13-3-1-4-14(10-13)22-18(24)12-6-7-16-17(9-12)20(26)23(19(16)25)11-15-5-2-8-27-15/h1-10H,11H2,(H,22,24). The summed E-state index contributed by atoms with van der Waals surface area (Å²) >= 11 is 5.91. The Morgan fingerprint density at radius 1 is 1.00 bits per heavy atom. The zero-order valence-corrected chi connectivity index (χ0v) is 14.7. The fourth-order valence-corrected chi connectivity index (χ4v) is 3.09. The quantitative estimate of drug-likeness (QED) is 0.694. The highest BCUT2D eigenvalue weighted by molar-refractivity contribution is 6.31. The van der Waals surface area contributed by atoms with Crippen molar-refractivity contribution in [3.05, 3.63) is 88.3 Å². The predicted molar refractivity (Wildman–Crippen MR) is 98.8 cm³/mol. The largest absolute Gasteiger partial charge is 0.467 e. The molecule has 1 N–H and O–H groups in total. The summed E-state index contributed by atoms with van der Waals surface area (Å²) < 4.78 is 5.21. The summed E-state index contributed by atoms with van der Waals surface area (Å²) in [6.07, 6.45) is 1.48. The average Bonchev–Trinajstić information content (AvgIpc) is 3.25. The number of halogens is 1.